The van der Waals surface area contributed by atoms with Gasteiger partial charge in [0.05, 0.1) is 6.61 Å². The van der Waals surface area contributed by atoms with Gasteiger partial charge in [-0.25, -0.2) is 0 Å². The van der Waals surface area contributed by atoms with Crippen molar-refractivity contribution in [3.8, 4) is 0 Å². The molecule has 0 aliphatic heterocycles. The fourth-order valence-corrected chi connectivity index (χ4v) is 1.43. The number of nitrogens with two attached hydrogens (primary N) is 2. The van der Waals surface area contributed by atoms with Crippen LogP contribution in [-0.4, -0.2) is 24.3 Å². The molecule has 0 heterocycles. The molecule has 0 aromatic carbocycles. The van der Waals surface area contributed by atoms with Gasteiger partial charge in [-0.2, -0.15) is 0 Å². The fraction of sp³-hybridized carbons (Fsp3) is 1.00. The Labute approximate surface area is 88.2 Å². The lowest BCUT2D eigenvalue weighted by Crippen LogP contribution is -2.48. The molecule has 0 aliphatic rings. The molecule has 0 rings (SSSR count). The molecule has 0 spiro atoms. The maximum absolute atomic E-state index is 6.09. The summed E-state index contributed by atoms with van der Waals surface area (Å²) >= 11 is 0. The van der Waals surface area contributed by atoms with Gasteiger partial charge in [-0.1, -0.05) is 0 Å². The van der Waals surface area contributed by atoms with E-state index in [4.69, 9.17) is 16.2 Å². The first-order chi connectivity index (χ1) is 6.17. The molecule has 0 saturated heterocycles. The van der Waals surface area contributed by atoms with Crippen LogP contribution >= 0.6 is 0 Å². The molecular formula is C11H26N2O. The molecule has 0 saturated carbocycles. The van der Waals surface area contributed by atoms with Crippen LogP contribution in [0.4, 0.5) is 0 Å². The average molecular weight is 202 g/mol. The third-order valence-corrected chi connectivity index (χ3v) is 2.35. The Kier molecular flexibility index (Phi) is 5.06. The minimum absolute atomic E-state index is 0.182. The number of hydrogen-bond donors (Lipinski definition) is 2. The topological polar surface area (TPSA) is 61.3 Å². The van der Waals surface area contributed by atoms with Crippen molar-refractivity contribution in [3.05, 3.63) is 0 Å². The van der Waals surface area contributed by atoms with Gasteiger partial charge in [0.15, 0.2) is 0 Å². The van der Waals surface area contributed by atoms with E-state index in [0.717, 1.165) is 13.0 Å². The van der Waals surface area contributed by atoms with E-state index in [1.165, 1.54) is 0 Å². The zero-order valence-electron chi connectivity index (χ0n) is 10.3. The summed E-state index contributed by atoms with van der Waals surface area (Å²) in [5.41, 5.74) is 11.7. The van der Waals surface area contributed by atoms with Gasteiger partial charge in [0.2, 0.25) is 0 Å². The Bertz CT molecular complexity index is 156. The average Bonchev–Trinajstić information content (AvgIpc) is 1.93. The van der Waals surface area contributed by atoms with E-state index in [1.54, 1.807) is 0 Å². The highest BCUT2D eigenvalue weighted by atomic mass is 16.5. The van der Waals surface area contributed by atoms with Crippen molar-refractivity contribution in [2.24, 2.45) is 17.4 Å². The SMILES string of the molecule is CCOCC(CC(C)(C)N)C(C)(C)N. The van der Waals surface area contributed by atoms with E-state index in [-0.39, 0.29) is 11.1 Å². The largest absolute Gasteiger partial charge is 0.381 e. The molecule has 86 valence electrons. The molecular weight excluding hydrogens is 176 g/mol. The zero-order valence-corrected chi connectivity index (χ0v) is 10.3. The first-order valence-corrected chi connectivity index (χ1v) is 5.32. The molecule has 0 aromatic heterocycles. The maximum Gasteiger partial charge on any atom is 0.0512 e. The predicted molar refractivity (Wildman–Crippen MR) is 61.1 cm³/mol. The smallest absolute Gasteiger partial charge is 0.0512 e. The van der Waals surface area contributed by atoms with Crippen LogP contribution in [0, 0.1) is 5.92 Å². The highest BCUT2D eigenvalue weighted by Crippen LogP contribution is 2.23. The van der Waals surface area contributed by atoms with Crippen LogP contribution in [0.3, 0.4) is 0 Å². The normalized spacial score (nSPS) is 15.6. The molecule has 0 fully saturated rings. The lowest BCUT2D eigenvalue weighted by Gasteiger charge is -2.35. The Hall–Kier alpha value is -0.120. The van der Waals surface area contributed by atoms with Crippen LogP contribution in [0.2, 0.25) is 0 Å². The first-order valence-electron chi connectivity index (χ1n) is 5.32. The number of rotatable bonds is 6. The molecule has 0 aliphatic carbocycles. The molecule has 4 N–H and O–H groups in total. The Morgan fingerprint density at radius 3 is 1.93 bits per heavy atom. The first kappa shape index (κ1) is 13.9. The monoisotopic (exact) mass is 202 g/mol. The summed E-state index contributed by atoms with van der Waals surface area (Å²) in [6.07, 6.45) is 0.885. The van der Waals surface area contributed by atoms with Crippen molar-refractivity contribution in [1.82, 2.24) is 0 Å². The van der Waals surface area contributed by atoms with Crippen molar-refractivity contribution in [1.29, 1.82) is 0 Å². The van der Waals surface area contributed by atoms with Gasteiger partial charge in [0.1, 0.15) is 0 Å². The van der Waals surface area contributed by atoms with Crippen LogP contribution in [0.25, 0.3) is 0 Å². The quantitative estimate of drug-likeness (QED) is 0.686. The standard InChI is InChI=1S/C11H26N2O/c1-6-14-8-9(11(4,5)13)7-10(2,3)12/h9H,6-8,12-13H2,1-5H3. The lowest BCUT2D eigenvalue weighted by molar-refractivity contribution is 0.0703. The highest BCUT2D eigenvalue weighted by Gasteiger charge is 2.29. The Morgan fingerprint density at radius 1 is 1.14 bits per heavy atom. The summed E-state index contributed by atoms with van der Waals surface area (Å²) in [7, 11) is 0. The van der Waals surface area contributed by atoms with E-state index >= 15 is 0 Å². The minimum atomic E-state index is -0.230. The molecule has 14 heavy (non-hydrogen) atoms. The van der Waals surface area contributed by atoms with Crippen LogP contribution in [0.1, 0.15) is 41.0 Å². The summed E-state index contributed by atoms with van der Waals surface area (Å²) in [5, 5.41) is 0. The fourth-order valence-electron chi connectivity index (χ4n) is 1.43. The molecule has 0 aromatic rings. The molecule has 0 amide bonds. The molecule has 0 bridgehead atoms. The second-order valence-corrected chi connectivity index (χ2v) is 5.37. The van der Waals surface area contributed by atoms with E-state index in [0.29, 0.717) is 12.5 Å². The third-order valence-electron chi connectivity index (χ3n) is 2.35. The van der Waals surface area contributed by atoms with Crippen LogP contribution in [-0.2, 0) is 4.74 Å². The lowest BCUT2D eigenvalue weighted by atomic mass is 9.80. The second kappa shape index (κ2) is 5.10. The van der Waals surface area contributed by atoms with Gasteiger partial charge in [0, 0.05) is 23.6 Å². The molecule has 1 unspecified atom stereocenters. The van der Waals surface area contributed by atoms with Gasteiger partial charge in [-0.05, 0) is 41.0 Å². The van der Waals surface area contributed by atoms with E-state index in [9.17, 15) is 0 Å². The van der Waals surface area contributed by atoms with Crippen LogP contribution < -0.4 is 11.5 Å². The summed E-state index contributed by atoms with van der Waals surface area (Å²) < 4.78 is 5.43. The summed E-state index contributed by atoms with van der Waals surface area (Å²) in [6, 6.07) is 0. The predicted octanol–water partition coefficient (Wildman–Crippen LogP) is 1.50. The van der Waals surface area contributed by atoms with Gasteiger partial charge < -0.3 is 16.2 Å². The third kappa shape index (κ3) is 6.35. The van der Waals surface area contributed by atoms with Crippen LogP contribution in [0.5, 0.6) is 0 Å². The van der Waals surface area contributed by atoms with E-state index in [1.807, 2.05) is 34.6 Å². The second-order valence-electron chi connectivity index (χ2n) is 5.37. The zero-order chi connectivity index (χ0) is 11.4. The molecule has 1 atom stereocenters. The summed E-state index contributed by atoms with van der Waals surface area (Å²) in [6.45, 7) is 11.5. The molecule has 3 heteroatoms. The summed E-state index contributed by atoms with van der Waals surface area (Å²) in [5.74, 6) is 0.308. The Morgan fingerprint density at radius 2 is 1.64 bits per heavy atom. The van der Waals surface area contributed by atoms with Gasteiger partial charge in [-0.3, -0.25) is 0 Å². The minimum Gasteiger partial charge on any atom is -0.381 e. The number of ether oxygens (including phenoxy) is 1. The van der Waals surface area contributed by atoms with Gasteiger partial charge in [-0.15, -0.1) is 0 Å². The maximum atomic E-state index is 6.09. The van der Waals surface area contributed by atoms with E-state index < -0.39 is 0 Å². The van der Waals surface area contributed by atoms with E-state index in [2.05, 4.69) is 0 Å². The van der Waals surface area contributed by atoms with Crippen molar-refractivity contribution in [2.75, 3.05) is 13.2 Å². The highest BCUT2D eigenvalue weighted by molar-refractivity contribution is 4.88. The number of hydrogen-bond acceptors (Lipinski definition) is 3. The van der Waals surface area contributed by atoms with Crippen molar-refractivity contribution in [3.63, 3.8) is 0 Å². The van der Waals surface area contributed by atoms with Gasteiger partial charge in [0.25, 0.3) is 0 Å². The van der Waals surface area contributed by atoms with Gasteiger partial charge >= 0.3 is 0 Å². The van der Waals surface area contributed by atoms with Crippen molar-refractivity contribution < 1.29 is 4.74 Å². The molecule has 0 radical (unpaired) electrons. The van der Waals surface area contributed by atoms with Crippen LogP contribution in [0.15, 0.2) is 0 Å². The van der Waals surface area contributed by atoms with Crippen molar-refractivity contribution >= 4 is 0 Å². The van der Waals surface area contributed by atoms with Crippen molar-refractivity contribution in [2.45, 2.75) is 52.1 Å². The Balaban J connectivity index is 4.26. The molecule has 3 nitrogen and oxygen atoms in total. The summed E-state index contributed by atoms with van der Waals surface area (Å²) in [4.78, 5) is 0.